The Hall–Kier alpha value is -1.84. The van der Waals surface area contributed by atoms with Crippen LogP contribution in [0.4, 0.5) is 0 Å². The molecule has 2 aromatic rings. The van der Waals surface area contributed by atoms with Crippen LogP contribution in [0.5, 0.6) is 5.75 Å². The molecule has 0 bridgehead atoms. The summed E-state index contributed by atoms with van der Waals surface area (Å²) < 4.78 is 0. The largest absolute Gasteiger partial charge is 0.508 e. The van der Waals surface area contributed by atoms with Gasteiger partial charge < -0.3 is 10.2 Å². The van der Waals surface area contributed by atoms with Crippen LogP contribution in [0.15, 0.2) is 48.5 Å². The van der Waals surface area contributed by atoms with Gasteiger partial charge in [0.25, 0.3) is 0 Å². The van der Waals surface area contributed by atoms with Crippen molar-refractivity contribution in [3.63, 3.8) is 0 Å². The predicted octanol–water partition coefficient (Wildman–Crippen LogP) is 2.27. The number of aromatic hydroxyl groups is 1. The first-order valence-corrected chi connectivity index (χ1v) is 5.45. The lowest BCUT2D eigenvalue weighted by atomic mass is 10.0. The number of aliphatic hydroxyl groups excluding tert-OH is 1. The van der Waals surface area contributed by atoms with E-state index >= 15 is 0 Å². The lowest BCUT2D eigenvalue weighted by molar-refractivity contribution is 0.149. The maximum Gasteiger partial charge on any atom is 0.130 e. The number of hydrogen-bond donors (Lipinski definition) is 3. The van der Waals surface area contributed by atoms with Gasteiger partial charge in [-0.1, -0.05) is 36.4 Å². The average Bonchev–Trinajstić information content (AvgIpc) is 2.38. The smallest absolute Gasteiger partial charge is 0.130 e. The Morgan fingerprint density at radius 1 is 1.00 bits per heavy atom. The minimum Gasteiger partial charge on any atom is -0.508 e. The molecule has 17 heavy (non-hydrogen) atoms. The highest BCUT2D eigenvalue weighted by Gasteiger charge is 2.04. The van der Waals surface area contributed by atoms with E-state index in [1.54, 1.807) is 25.2 Å². The standard InChI is InChI=1S/C14H15NO2/c1-15-14(17)11-7-5-10(6-8-11)12-3-2-4-13(16)9-12/h2-9,14-17H,1H3. The number of benzene rings is 2. The normalized spacial score (nSPS) is 12.4. The molecule has 0 aliphatic heterocycles. The highest BCUT2D eigenvalue weighted by atomic mass is 16.3. The number of phenolic OH excluding ortho intramolecular Hbond substituents is 1. The molecule has 0 saturated carbocycles. The number of phenols is 1. The second kappa shape index (κ2) is 4.99. The zero-order valence-electron chi connectivity index (χ0n) is 9.59. The molecule has 1 unspecified atom stereocenters. The highest BCUT2D eigenvalue weighted by Crippen LogP contribution is 2.24. The van der Waals surface area contributed by atoms with E-state index in [0.717, 1.165) is 16.7 Å². The van der Waals surface area contributed by atoms with Crippen LogP contribution in [0.3, 0.4) is 0 Å². The second-order valence-electron chi connectivity index (χ2n) is 3.86. The molecule has 0 radical (unpaired) electrons. The van der Waals surface area contributed by atoms with Gasteiger partial charge in [-0.25, -0.2) is 0 Å². The maximum absolute atomic E-state index is 9.58. The van der Waals surface area contributed by atoms with Gasteiger partial charge in [-0.15, -0.1) is 0 Å². The molecular formula is C14H15NO2. The van der Waals surface area contributed by atoms with Crippen LogP contribution in [0, 0.1) is 0 Å². The quantitative estimate of drug-likeness (QED) is 0.708. The molecular weight excluding hydrogens is 214 g/mol. The Morgan fingerprint density at radius 2 is 1.71 bits per heavy atom. The minimum atomic E-state index is -0.645. The molecule has 88 valence electrons. The van der Waals surface area contributed by atoms with Gasteiger partial charge in [0.1, 0.15) is 12.0 Å². The Balaban J connectivity index is 2.29. The van der Waals surface area contributed by atoms with Crippen LogP contribution >= 0.6 is 0 Å². The summed E-state index contributed by atoms with van der Waals surface area (Å²) in [5, 5.41) is 21.8. The van der Waals surface area contributed by atoms with Crippen molar-refractivity contribution in [2.24, 2.45) is 0 Å². The van der Waals surface area contributed by atoms with E-state index in [1.807, 2.05) is 30.3 Å². The van der Waals surface area contributed by atoms with E-state index in [1.165, 1.54) is 0 Å². The molecule has 0 aromatic heterocycles. The van der Waals surface area contributed by atoms with Crippen LogP contribution in [0.1, 0.15) is 11.8 Å². The fourth-order valence-electron chi connectivity index (χ4n) is 1.71. The molecule has 0 saturated heterocycles. The Labute approximate surface area is 100 Å². The fraction of sp³-hybridized carbons (Fsp3) is 0.143. The van der Waals surface area contributed by atoms with Crippen LogP contribution < -0.4 is 5.32 Å². The molecule has 1 atom stereocenters. The lowest BCUT2D eigenvalue weighted by Gasteiger charge is -2.10. The van der Waals surface area contributed by atoms with Crippen LogP contribution in [-0.2, 0) is 0 Å². The Kier molecular flexibility index (Phi) is 3.42. The van der Waals surface area contributed by atoms with Gasteiger partial charge in [0.15, 0.2) is 0 Å². The van der Waals surface area contributed by atoms with Crippen molar-refractivity contribution in [2.75, 3.05) is 7.05 Å². The summed E-state index contributed by atoms with van der Waals surface area (Å²) in [6.07, 6.45) is -0.645. The molecule has 2 rings (SSSR count). The molecule has 3 heteroatoms. The van der Waals surface area contributed by atoms with Crippen LogP contribution in [-0.4, -0.2) is 17.3 Å². The van der Waals surface area contributed by atoms with Gasteiger partial charge in [-0.3, -0.25) is 5.32 Å². The molecule has 0 spiro atoms. The molecule has 0 heterocycles. The zero-order chi connectivity index (χ0) is 12.3. The molecule has 0 aliphatic rings. The molecule has 0 amide bonds. The van der Waals surface area contributed by atoms with E-state index in [-0.39, 0.29) is 5.75 Å². The minimum absolute atomic E-state index is 0.252. The molecule has 0 aliphatic carbocycles. The number of nitrogens with one attached hydrogen (secondary N) is 1. The summed E-state index contributed by atoms with van der Waals surface area (Å²) in [7, 11) is 1.70. The first-order chi connectivity index (χ1) is 8.20. The number of aliphatic hydroxyl groups is 1. The van der Waals surface area contributed by atoms with Crippen LogP contribution in [0.2, 0.25) is 0 Å². The fourth-order valence-corrected chi connectivity index (χ4v) is 1.71. The van der Waals surface area contributed by atoms with Gasteiger partial charge >= 0.3 is 0 Å². The van der Waals surface area contributed by atoms with Gasteiger partial charge in [-0.05, 0) is 35.9 Å². The molecule has 3 nitrogen and oxygen atoms in total. The van der Waals surface area contributed by atoms with E-state index in [4.69, 9.17) is 0 Å². The van der Waals surface area contributed by atoms with Gasteiger partial charge in [-0.2, -0.15) is 0 Å². The number of rotatable bonds is 3. The van der Waals surface area contributed by atoms with E-state index in [0.29, 0.717) is 0 Å². The first kappa shape index (κ1) is 11.6. The van der Waals surface area contributed by atoms with Crippen molar-refractivity contribution in [2.45, 2.75) is 6.23 Å². The predicted molar refractivity (Wildman–Crippen MR) is 67.6 cm³/mol. The molecule has 2 aromatic carbocycles. The summed E-state index contributed by atoms with van der Waals surface area (Å²) in [6, 6.07) is 14.7. The lowest BCUT2D eigenvalue weighted by Crippen LogP contribution is -2.14. The van der Waals surface area contributed by atoms with Crippen LogP contribution in [0.25, 0.3) is 11.1 Å². The third kappa shape index (κ3) is 2.64. The Morgan fingerprint density at radius 3 is 2.29 bits per heavy atom. The molecule has 3 N–H and O–H groups in total. The summed E-state index contributed by atoms with van der Waals surface area (Å²) in [4.78, 5) is 0. The highest BCUT2D eigenvalue weighted by molar-refractivity contribution is 5.65. The van der Waals surface area contributed by atoms with Crippen molar-refractivity contribution in [1.82, 2.24) is 5.32 Å². The maximum atomic E-state index is 9.58. The van der Waals surface area contributed by atoms with Crippen molar-refractivity contribution >= 4 is 0 Å². The van der Waals surface area contributed by atoms with Crippen molar-refractivity contribution in [3.8, 4) is 16.9 Å². The van der Waals surface area contributed by atoms with Crippen molar-refractivity contribution < 1.29 is 10.2 Å². The number of hydrogen-bond acceptors (Lipinski definition) is 3. The third-order valence-electron chi connectivity index (χ3n) is 2.68. The average molecular weight is 229 g/mol. The first-order valence-electron chi connectivity index (χ1n) is 5.45. The third-order valence-corrected chi connectivity index (χ3v) is 2.68. The SMILES string of the molecule is CNC(O)c1ccc(-c2cccc(O)c2)cc1. The van der Waals surface area contributed by atoms with Crippen molar-refractivity contribution in [1.29, 1.82) is 0 Å². The molecule has 0 fully saturated rings. The monoisotopic (exact) mass is 229 g/mol. The summed E-state index contributed by atoms with van der Waals surface area (Å²) in [5.74, 6) is 0.252. The summed E-state index contributed by atoms with van der Waals surface area (Å²) in [5.41, 5.74) is 2.78. The second-order valence-corrected chi connectivity index (χ2v) is 3.86. The Bertz CT molecular complexity index is 494. The van der Waals surface area contributed by atoms with Gasteiger partial charge in [0.05, 0.1) is 0 Å². The van der Waals surface area contributed by atoms with Gasteiger partial charge in [0.2, 0.25) is 0 Å². The topological polar surface area (TPSA) is 52.5 Å². The van der Waals surface area contributed by atoms with Crippen molar-refractivity contribution in [3.05, 3.63) is 54.1 Å². The van der Waals surface area contributed by atoms with E-state index < -0.39 is 6.23 Å². The van der Waals surface area contributed by atoms with E-state index in [9.17, 15) is 10.2 Å². The van der Waals surface area contributed by atoms with E-state index in [2.05, 4.69) is 5.32 Å². The summed E-state index contributed by atoms with van der Waals surface area (Å²) in [6.45, 7) is 0. The summed E-state index contributed by atoms with van der Waals surface area (Å²) >= 11 is 0. The zero-order valence-corrected chi connectivity index (χ0v) is 9.59. The van der Waals surface area contributed by atoms with Gasteiger partial charge in [0, 0.05) is 0 Å².